The molecule has 0 radical (unpaired) electrons. The molecule has 1 aliphatic heterocycles. The van der Waals surface area contributed by atoms with Crippen LogP contribution >= 0.6 is 15.9 Å². The van der Waals surface area contributed by atoms with Crippen LogP contribution in [0.4, 0.5) is 4.39 Å². The predicted molar refractivity (Wildman–Crippen MR) is 74.5 cm³/mol. The zero-order valence-corrected chi connectivity index (χ0v) is 12.4. The van der Waals surface area contributed by atoms with Gasteiger partial charge < -0.3 is 10.0 Å². The Morgan fingerprint density at radius 3 is 2.89 bits per heavy atom. The van der Waals surface area contributed by atoms with Crippen LogP contribution in [0, 0.1) is 5.82 Å². The first-order chi connectivity index (χ1) is 9.00. The Balaban J connectivity index is 2.26. The highest BCUT2D eigenvalue weighted by Crippen LogP contribution is 2.25. The number of nitrogens with zero attached hydrogens (tertiary/aromatic N) is 1. The van der Waals surface area contributed by atoms with E-state index in [9.17, 15) is 14.3 Å². The number of likely N-dealkylation sites (tertiary alicyclic amines) is 1. The Labute approximate surface area is 120 Å². The smallest absolute Gasteiger partial charge is 0.255 e. The maximum absolute atomic E-state index is 13.1. The lowest BCUT2D eigenvalue weighted by molar-refractivity contribution is 0.0280. The summed E-state index contributed by atoms with van der Waals surface area (Å²) in [6.07, 6.45) is 2.21. The van der Waals surface area contributed by atoms with Gasteiger partial charge in [-0.05, 0) is 60.3 Å². The maximum Gasteiger partial charge on any atom is 0.255 e. The molecule has 104 valence electrons. The van der Waals surface area contributed by atoms with Gasteiger partial charge in [-0.1, -0.05) is 0 Å². The molecular formula is C14H17BrFNO2. The van der Waals surface area contributed by atoms with Gasteiger partial charge >= 0.3 is 0 Å². The van der Waals surface area contributed by atoms with Gasteiger partial charge in [-0.15, -0.1) is 0 Å². The van der Waals surface area contributed by atoms with Crippen LogP contribution in [0.2, 0.25) is 0 Å². The quantitative estimate of drug-likeness (QED) is 0.906. The van der Waals surface area contributed by atoms with Crippen LogP contribution in [0.25, 0.3) is 0 Å². The van der Waals surface area contributed by atoms with Crippen LogP contribution in [0.1, 0.15) is 36.5 Å². The molecule has 3 nitrogen and oxygen atoms in total. The van der Waals surface area contributed by atoms with Crippen LogP contribution in [-0.2, 0) is 0 Å². The molecule has 2 atom stereocenters. The first-order valence-electron chi connectivity index (χ1n) is 6.45. The highest BCUT2D eigenvalue weighted by Gasteiger charge is 2.31. The molecule has 1 fully saturated rings. The molecule has 2 unspecified atom stereocenters. The molecule has 0 aliphatic carbocycles. The highest BCUT2D eigenvalue weighted by molar-refractivity contribution is 9.10. The van der Waals surface area contributed by atoms with E-state index in [1.165, 1.54) is 18.2 Å². The number of aliphatic hydroxyl groups is 1. The third-order valence-corrected chi connectivity index (χ3v) is 4.18. The summed E-state index contributed by atoms with van der Waals surface area (Å²) in [5.74, 6) is -0.536. The van der Waals surface area contributed by atoms with E-state index in [1.807, 2.05) is 0 Å². The lowest BCUT2D eigenvalue weighted by Crippen LogP contribution is -2.49. The van der Waals surface area contributed by atoms with E-state index >= 15 is 0 Å². The number of piperidine rings is 1. The molecule has 1 aromatic carbocycles. The minimum atomic E-state index is -0.552. The van der Waals surface area contributed by atoms with Crippen molar-refractivity contribution in [3.05, 3.63) is 34.1 Å². The monoisotopic (exact) mass is 329 g/mol. The molecule has 1 aliphatic rings. The first kappa shape index (κ1) is 14.5. The Morgan fingerprint density at radius 1 is 1.53 bits per heavy atom. The standard InChI is InChI=1S/C14H17BrFNO2/c1-9(18)13-4-2-3-7-17(13)14(19)11-6-5-10(16)8-12(11)15/h5-6,8-9,13,18H,2-4,7H2,1H3. The second kappa shape index (κ2) is 6.01. The van der Waals surface area contributed by atoms with Crippen molar-refractivity contribution in [2.45, 2.75) is 38.3 Å². The maximum atomic E-state index is 13.1. The SMILES string of the molecule is CC(O)C1CCCCN1C(=O)c1ccc(F)cc1Br. The van der Waals surface area contributed by atoms with Gasteiger partial charge in [0.05, 0.1) is 17.7 Å². The van der Waals surface area contributed by atoms with E-state index in [1.54, 1.807) is 11.8 Å². The Hall–Kier alpha value is -0.940. The van der Waals surface area contributed by atoms with Crippen molar-refractivity contribution in [2.24, 2.45) is 0 Å². The fourth-order valence-electron chi connectivity index (χ4n) is 2.53. The summed E-state index contributed by atoms with van der Waals surface area (Å²) < 4.78 is 13.5. The molecule has 5 heteroatoms. The molecule has 0 saturated carbocycles. The molecule has 2 rings (SSSR count). The summed E-state index contributed by atoms with van der Waals surface area (Å²) in [7, 11) is 0. The number of halogens is 2. The highest BCUT2D eigenvalue weighted by atomic mass is 79.9. The molecule has 1 amide bonds. The van der Waals surface area contributed by atoms with Gasteiger partial charge in [0.1, 0.15) is 5.82 Å². The van der Waals surface area contributed by atoms with Gasteiger partial charge in [0.15, 0.2) is 0 Å². The van der Waals surface area contributed by atoms with Crippen molar-refractivity contribution < 1.29 is 14.3 Å². The Kier molecular flexibility index (Phi) is 4.58. The van der Waals surface area contributed by atoms with Gasteiger partial charge in [-0.2, -0.15) is 0 Å². The summed E-state index contributed by atoms with van der Waals surface area (Å²) in [5, 5.41) is 9.79. The van der Waals surface area contributed by atoms with E-state index < -0.39 is 6.10 Å². The number of amides is 1. The summed E-state index contributed by atoms with van der Waals surface area (Å²) in [4.78, 5) is 14.2. The van der Waals surface area contributed by atoms with E-state index in [4.69, 9.17) is 0 Å². The second-order valence-electron chi connectivity index (χ2n) is 4.93. The van der Waals surface area contributed by atoms with Crippen LogP contribution in [0.5, 0.6) is 0 Å². The van der Waals surface area contributed by atoms with Crippen LogP contribution in [0.15, 0.2) is 22.7 Å². The minimum Gasteiger partial charge on any atom is -0.391 e. The number of benzene rings is 1. The average molecular weight is 330 g/mol. The lowest BCUT2D eigenvalue weighted by atomic mass is 9.97. The van der Waals surface area contributed by atoms with Gasteiger partial charge in [-0.3, -0.25) is 4.79 Å². The fourth-order valence-corrected chi connectivity index (χ4v) is 3.05. The van der Waals surface area contributed by atoms with Crippen molar-refractivity contribution in [1.29, 1.82) is 0 Å². The van der Waals surface area contributed by atoms with E-state index in [-0.39, 0.29) is 17.8 Å². The summed E-state index contributed by atoms with van der Waals surface area (Å²) in [6.45, 7) is 2.34. The van der Waals surface area contributed by atoms with Gasteiger partial charge in [0.2, 0.25) is 0 Å². The van der Waals surface area contributed by atoms with Gasteiger partial charge in [-0.25, -0.2) is 4.39 Å². The zero-order chi connectivity index (χ0) is 14.0. The van der Waals surface area contributed by atoms with E-state index in [2.05, 4.69) is 15.9 Å². The number of rotatable bonds is 2. The summed E-state index contributed by atoms with van der Waals surface area (Å²) >= 11 is 3.22. The normalized spacial score (nSPS) is 21.3. The van der Waals surface area contributed by atoms with E-state index in [0.717, 1.165) is 19.3 Å². The Bertz CT molecular complexity index is 479. The topological polar surface area (TPSA) is 40.5 Å². The number of carbonyl (C=O) groups excluding carboxylic acids is 1. The number of aliphatic hydroxyl groups excluding tert-OH is 1. The van der Waals surface area contributed by atoms with Crippen LogP contribution in [0.3, 0.4) is 0 Å². The fraction of sp³-hybridized carbons (Fsp3) is 0.500. The van der Waals surface area contributed by atoms with Crippen LogP contribution in [-0.4, -0.2) is 34.6 Å². The predicted octanol–water partition coefficient (Wildman–Crippen LogP) is 2.96. The number of carbonyl (C=O) groups is 1. The molecular weight excluding hydrogens is 313 g/mol. The third-order valence-electron chi connectivity index (χ3n) is 3.53. The lowest BCUT2D eigenvalue weighted by Gasteiger charge is -2.37. The first-order valence-corrected chi connectivity index (χ1v) is 7.24. The molecule has 0 bridgehead atoms. The second-order valence-corrected chi connectivity index (χ2v) is 5.78. The molecule has 0 spiro atoms. The molecule has 1 saturated heterocycles. The number of hydrogen-bond donors (Lipinski definition) is 1. The van der Waals surface area contributed by atoms with Crippen molar-refractivity contribution >= 4 is 21.8 Å². The Morgan fingerprint density at radius 2 is 2.26 bits per heavy atom. The zero-order valence-electron chi connectivity index (χ0n) is 10.8. The molecule has 0 aromatic heterocycles. The minimum absolute atomic E-state index is 0.154. The van der Waals surface area contributed by atoms with Crippen molar-refractivity contribution in [2.75, 3.05) is 6.54 Å². The van der Waals surface area contributed by atoms with Crippen molar-refractivity contribution in [3.63, 3.8) is 0 Å². The molecule has 1 aromatic rings. The number of hydrogen-bond acceptors (Lipinski definition) is 2. The summed E-state index contributed by atoms with van der Waals surface area (Å²) in [5.41, 5.74) is 0.439. The summed E-state index contributed by atoms with van der Waals surface area (Å²) in [6, 6.07) is 3.89. The molecule has 1 heterocycles. The largest absolute Gasteiger partial charge is 0.391 e. The average Bonchev–Trinajstić information content (AvgIpc) is 2.38. The third kappa shape index (κ3) is 3.15. The van der Waals surface area contributed by atoms with Crippen molar-refractivity contribution in [3.8, 4) is 0 Å². The van der Waals surface area contributed by atoms with Crippen molar-refractivity contribution in [1.82, 2.24) is 4.90 Å². The molecule has 19 heavy (non-hydrogen) atoms. The van der Waals surface area contributed by atoms with Gasteiger partial charge in [0.25, 0.3) is 5.91 Å². The molecule has 1 N–H and O–H groups in total. The van der Waals surface area contributed by atoms with E-state index in [0.29, 0.717) is 16.6 Å². The van der Waals surface area contributed by atoms with Gasteiger partial charge in [0, 0.05) is 11.0 Å². The van der Waals surface area contributed by atoms with Crippen LogP contribution < -0.4 is 0 Å².